The minimum absolute atomic E-state index is 0.275. The van der Waals surface area contributed by atoms with Crippen molar-refractivity contribution in [1.82, 2.24) is 5.32 Å². The maximum absolute atomic E-state index is 10.1. The Hall–Kier alpha value is -0.510. The fourth-order valence-corrected chi connectivity index (χ4v) is 3.20. The van der Waals surface area contributed by atoms with Crippen molar-refractivity contribution in [3.8, 4) is 0 Å². The van der Waals surface area contributed by atoms with Crippen molar-refractivity contribution in [2.45, 2.75) is 55.4 Å². The summed E-state index contributed by atoms with van der Waals surface area (Å²) in [6, 6.07) is 8.61. The average molecular weight is 265 g/mol. The Bertz CT molecular complexity index is 398. The van der Waals surface area contributed by atoms with Gasteiger partial charge in [-0.3, -0.25) is 0 Å². The van der Waals surface area contributed by atoms with Gasteiger partial charge in [0.25, 0.3) is 0 Å². The highest BCUT2D eigenvalue weighted by Gasteiger charge is 2.35. The Morgan fingerprint density at radius 1 is 1.28 bits per heavy atom. The number of benzene rings is 1. The normalized spacial score (nSPS) is 19.9. The molecule has 0 aromatic heterocycles. The van der Waals surface area contributed by atoms with Gasteiger partial charge in [-0.2, -0.15) is 0 Å². The summed E-state index contributed by atoms with van der Waals surface area (Å²) >= 11 is 1.94. The van der Waals surface area contributed by atoms with Crippen molar-refractivity contribution in [1.29, 1.82) is 0 Å². The van der Waals surface area contributed by atoms with Gasteiger partial charge in [-0.25, -0.2) is 0 Å². The quantitative estimate of drug-likeness (QED) is 0.878. The molecule has 0 spiro atoms. The molecule has 2 nitrogen and oxygen atoms in total. The first-order chi connectivity index (χ1) is 8.29. The van der Waals surface area contributed by atoms with E-state index in [1.807, 2.05) is 25.6 Å². The zero-order chi connectivity index (χ0) is 13.4. The number of fused-ring (bicyclic) bond motifs is 1. The van der Waals surface area contributed by atoms with E-state index in [4.69, 9.17) is 0 Å². The zero-order valence-electron chi connectivity index (χ0n) is 11.7. The molecule has 0 saturated carbocycles. The molecule has 0 fully saturated rings. The Kier molecular flexibility index (Phi) is 3.77. The van der Waals surface area contributed by atoms with Crippen LogP contribution < -0.4 is 5.32 Å². The van der Waals surface area contributed by atoms with Gasteiger partial charge in [0, 0.05) is 22.2 Å². The van der Waals surface area contributed by atoms with Crippen LogP contribution in [0.15, 0.2) is 29.2 Å². The molecule has 3 heteroatoms. The van der Waals surface area contributed by atoms with Crippen LogP contribution in [-0.4, -0.2) is 28.0 Å². The van der Waals surface area contributed by atoms with E-state index in [0.29, 0.717) is 5.25 Å². The van der Waals surface area contributed by atoms with Crippen LogP contribution in [0.1, 0.15) is 33.3 Å². The number of aliphatic hydroxyl groups is 1. The van der Waals surface area contributed by atoms with Crippen LogP contribution >= 0.6 is 11.8 Å². The minimum atomic E-state index is -0.719. The first-order valence-electron chi connectivity index (χ1n) is 6.51. The van der Waals surface area contributed by atoms with E-state index >= 15 is 0 Å². The largest absolute Gasteiger partial charge is 0.389 e. The van der Waals surface area contributed by atoms with Crippen LogP contribution in [0.25, 0.3) is 0 Å². The fourth-order valence-electron chi connectivity index (χ4n) is 1.95. The lowest BCUT2D eigenvalue weighted by Crippen LogP contribution is -2.57. The van der Waals surface area contributed by atoms with Gasteiger partial charge in [0.15, 0.2) is 0 Å². The highest BCUT2D eigenvalue weighted by atomic mass is 32.2. The molecule has 2 N–H and O–H groups in total. The second-order valence-corrected chi connectivity index (χ2v) is 7.46. The fraction of sp³-hybridized carbons (Fsp3) is 0.600. The summed E-state index contributed by atoms with van der Waals surface area (Å²) in [6.07, 6.45) is 1.12. The van der Waals surface area contributed by atoms with Gasteiger partial charge < -0.3 is 10.4 Å². The molecule has 1 aromatic rings. The summed E-state index contributed by atoms with van der Waals surface area (Å²) in [7, 11) is 0. The van der Waals surface area contributed by atoms with Crippen LogP contribution in [0.5, 0.6) is 0 Å². The lowest BCUT2D eigenvalue weighted by molar-refractivity contribution is -0.00412. The van der Waals surface area contributed by atoms with E-state index < -0.39 is 5.60 Å². The van der Waals surface area contributed by atoms with Crippen LogP contribution in [0.4, 0.5) is 0 Å². The van der Waals surface area contributed by atoms with Gasteiger partial charge in [-0.1, -0.05) is 18.2 Å². The van der Waals surface area contributed by atoms with Crippen molar-refractivity contribution in [3.63, 3.8) is 0 Å². The van der Waals surface area contributed by atoms with Crippen LogP contribution in [0.3, 0.4) is 0 Å². The first kappa shape index (κ1) is 13.9. The van der Waals surface area contributed by atoms with Crippen LogP contribution in [0, 0.1) is 0 Å². The molecule has 100 valence electrons. The third-order valence-corrected chi connectivity index (χ3v) is 5.33. The highest BCUT2D eigenvalue weighted by Crippen LogP contribution is 2.36. The third kappa shape index (κ3) is 2.90. The summed E-state index contributed by atoms with van der Waals surface area (Å²) in [4.78, 5) is 1.41. The minimum Gasteiger partial charge on any atom is -0.389 e. The number of hydrogen-bond donors (Lipinski definition) is 2. The molecule has 0 radical (unpaired) electrons. The molecule has 1 aliphatic heterocycles. The molecule has 0 amide bonds. The monoisotopic (exact) mass is 265 g/mol. The Morgan fingerprint density at radius 2 is 1.94 bits per heavy atom. The number of nitrogens with one attached hydrogen (secondary N) is 1. The molecule has 1 unspecified atom stereocenters. The van der Waals surface area contributed by atoms with E-state index in [-0.39, 0.29) is 5.54 Å². The van der Waals surface area contributed by atoms with Crippen molar-refractivity contribution < 1.29 is 5.11 Å². The lowest BCUT2D eigenvalue weighted by atomic mass is 9.86. The molecular formula is C15H23NOS. The zero-order valence-corrected chi connectivity index (χ0v) is 12.5. The van der Waals surface area contributed by atoms with Gasteiger partial charge in [-0.15, -0.1) is 11.8 Å². The highest BCUT2D eigenvalue weighted by molar-refractivity contribution is 8.00. The SMILES string of the molecule is CC(C)(O)C(C)(C)NCC1Cc2ccccc2S1. The molecule has 1 aliphatic rings. The van der Waals surface area contributed by atoms with Crippen molar-refractivity contribution in [3.05, 3.63) is 29.8 Å². The topological polar surface area (TPSA) is 32.3 Å². The smallest absolute Gasteiger partial charge is 0.0767 e. The Balaban J connectivity index is 1.91. The Morgan fingerprint density at radius 3 is 2.56 bits per heavy atom. The number of rotatable bonds is 4. The van der Waals surface area contributed by atoms with Gasteiger partial charge in [0.2, 0.25) is 0 Å². The van der Waals surface area contributed by atoms with Crippen LogP contribution in [0.2, 0.25) is 0 Å². The predicted octanol–water partition coefficient (Wildman–Crippen LogP) is 2.84. The molecule has 18 heavy (non-hydrogen) atoms. The molecule has 0 saturated heterocycles. The first-order valence-corrected chi connectivity index (χ1v) is 7.39. The summed E-state index contributed by atoms with van der Waals surface area (Å²) in [5.74, 6) is 0. The van der Waals surface area contributed by atoms with Gasteiger partial charge in [0.1, 0.15) is 0 Å². The van der Waals surface area contributed by atoms with E-state index in [9.17, 15) is 5.11 Å². The summed E-state index contributed by atoms with van der Waals surface area (Å²) in [5, 5.41) is 14.2. The van der Waals surface area contributed by atoms with E-state index in [2.05, 4.69) is 43.4 Å². The average Bonchev–Trinajstić information content (AvgIpc) is 2.67. The summed E-state index contributed by atoms with van der Waals surface area (Å²) in [5.41, 5.74) is 0.459. The van der Waals surface area contributed by atoms with E-state index in [1.54, 1.807) is 0 Å². The molecule has 0 bridgehead atoms. The Labute approximate surface area is 114 Å². The van der Waals surface area contributed by atoms with Crippen LogP contribution in [-0.2, 0) is 6.42 Å². The number of thioether (sulfide) groups is 1. The lowest BCUT2D eigenvalue weighted by Gasteiger charge is -2.39. The second kappa shape index (κ2) is 4.87. The standard InChI is InChI=1S/C15H23NOS/c1-14(2,15(3,4)17)16-10-12-9-11-7-5-6-8-13(11)18-12/h5-8,12,16-17H,9-10H2,1-4H3. The maximum atomic E-state index is 10.1. The molecular weight excluding hydrogens is 242 g/mol. The van der Waals surface area contributed by atoms with Crippen molar-refractivity contribution >= 4 is 11.8 Å². The van der Waals surface area contributed by atoms with Gasteiger partial charge in [-0.05, 0) is 45.7 Å². The van der Waals surface area contributed by atoms with E-state index in [0.717, 1.165) is 13.0 Å². The summed E-state index contributed by atoms with van der Waals surface area (Å²) in [6.45, 7) is 8.75. The van der Waals surface area contributed by atoms with Crippen molar-refractivity contribution in [2.24, 2.45) is 0 Å². The number of hydrogen-bond acceptors (Lipinski definition) is 3. The molecule has 0 aliphatic carbocycles. The second-order valence-electron chi connectivity index (χ2n) is 6.12. The third-order valence-electron chi connectivity index (χ3n) is 4.02. The predicted molar refractivity (Wildman–Crippen MR) is 78.2 cm³/mol. The summed E-state index contributed by atoms with van der Waals surface area (Å²) < 4.78 is 0. The maximum Gasteiger partial charge on any atom is 0.0767 e. The van der Waals surface area contributed by atoms with Crippen molar-refractivity contribution in [2.75, 3.05) is 6.54 Å². The van der Waals surface area contributed by atoms with Gasteiger partial charge >= 0.3 is 0 Å². The van der Waals surface area contributed by atoms with E-state index in [1.165, 1.54) is 10.5 Å². The molecule has 1 aromatic carbocycles. The molecule has 2 rings (SSSR count). The molecule has 1 atom stereocenters. The molecule has 1 heterocycles. The van der Waals surface area contributed by atoms with Gasteiger partial charge in [0.05, 0.1) is 5.60 Å².